The Morgan fingerprint density at radius 1 is 1.27 bits per heavy atom. The monoisotopic (exact) mass is 357 g/mol. The van der Waals surface area contributed by atoms with Gasteiger partial charge in [0.15, 0.2) is 0 Å². The summed E-state index contributed by atoms with van der Waals surface area (Å²) in [7, 11) is 1.32. The number of thiophene rings is 1. The minimum atomic E-state index is -0.419. The molecule has 0 saturated heterocycles. The van der Waals surface area contributed by atoms with Crippen LogP contribution in [0.3, 0.4) is 0 Å². The van der Waals surface area contributed by atoms with Gasteiger partial charge in [-0.15, -0.1) is 11.3 Å². The first kappa shape index (κ1) is 16.8. The molecule has 1 amide bonds. The van der Waals surface area contributed by atoms with Crippen molar-refractivity contribution < 1.29 is 14.3 Å². The van der Waals surface area contributed by atoms with E-state index in [2.05, 4.69) is 10.1 Å². The summed E-state index contributed by atoms with van der Waals surface area (Å²) in [6.45, 7) is 1.78. The van der Waals surface area contributed by atoms with Crippen LogP contribution in [0.2, 0.25) is 10.0 Å². The van der Waals surface area contributed by atoms with Crippen LogP contribution >= 0.6 is 34.5 Å². The molecule has 0 bridgehead atoms. The lowest BCUT2D eigenvalue weighted by atomic mass is 10.1. The van der Waals surface area contributed by atoms with Crippen LogP contribution in [0, 0.1) is 6.92 Å². The Kier molecular flexibility index (Phi) is 5.45. The van der Waals surface area contributed by atoms with Crippen molar-refractivity contribution in [2.75, 3.05) is 12.4 Å². The molecule has 0 atom stereocenters. The lowest BCUT2D eigenvalue weighted by molar-refractivity contribution is -0.115. The predicted octanol–water partition coefficient (Wildman–Crippen LogP) is 4.33. The first-order valence-corrected chi connectivity index (χ1v) is 7.91. The molecule has 116 valence electrons. The number of amides is 1. The van der Waals surface area contributed by atoms with Gasteiger partial charge in [-0.25, -0.2) is 4.79 Å². The summed E-state index contributed by atoms with van der Waals surface area (Å²) in [5, 5.41) is 4.20. The number of hydrogen-bond donors (Lipinski definition) is 1. The molecule has 1 aromatic heterocycles. The van der Waals surface area contributed by atoms with Gasteiger partial charge < -0.3 is 10.1 Å². The van der Waals surface area contributed by atoms with Gasteiger partial charge in [0.05, 0.1) is 18.5 Å². The van der Waals surface area contributed by atoms with E-state index < -0.39 is 5.97 Å². The van der Waals surface area contributed by atoms with Gasteiger partial charge in [0.2, 0.25) is 5.91 Å². The van der Waals surface area contributed by atoms with E-state index in [1.165, 1.54) is 18.4 Å². The number of anilines is 1. The first-order chi connectivity index (χ1) is 10.4. The van der Waals surface area contributed by atoms with Crippen LogP contribution in [0.25, 0.3) is 0 Å². The smallest absolute Gasteiger partial charge is 0.348 e. The zero-order valence-electron chi connectivity index (χ0n) is 11.9. The molecule has 0 aliphatic carbocycles. The topological polar surface area (TPSA) is 55.4 Å². The summed E-state index contributed by atoms with van der Waals surface area (Å²) in [4.78, 5) is 24.1. The molecule has 2 rings (SSSR count). The molecule has 22 heavy (non-hydrogen) atoms. The van der Waals surface area contributed by atoms with Crippen molar-refractivity contribution in [1.29, 1.82) is 0 Å². The van der Waals surface area contributed by atoms with Gasteiger partial charge in [-0.3, -0.25) is 4.79 Å². The summed E-state index contributed by atoms with van der Waals surface area (Å²) in [6, 6.07) is 6.81. The van der Waals surface area contributed by atoms with Gasteiger partial charge in [-0.1, -0.05) is 29.3 Å². The highest BCUT2D eigenvalue weighted by Gasteiger charge is 2.16. The molecule has 4 nitrogen and oxygen atoms in total. The highest BCUT2D eigenvalue weighted by molar-refractivity contribution is 7.18. The van der Waals surface area contributed by atoms with E-state index in [4.69, 9.17) is 23.2 Å². The van der Waals surface area contributed by atoms with Crippen LogP contribution in [0.5, 0.6) is 0 Å². The Labute approximate surface area is 142 Å². The number of hydrogen-bond acceptors (Lipinski definition) is 4. The normalized spacial score (nSPS) is 10.4. The number of ether oxygens (including phenoxy) is 1. The Morgan fingerprint density at radius 3 is 2.50 bits per heavy atom. The molecule has 0 radical (unpaired) electrons. The third-order valence-corrected chi connectivity index (χ3v) is 4.79. The quantitative estimate of drug-likeness (QED) is 0.828. The summed E-state index contributed by atoms with van der Waals surface area (Å²) in [5.41, 5.74) is 1.33. The van der Waals surface area contributed by atoms with Crippen LogP contribution in [-0.2, 0) is 16.0 Å². The number of aryl methyl sites for hydroxylation is 1. The highest BCUT2D eigenvalue weighted by Crippen LogP contribution is 2.28. The summed E-state index contributed by atoms with van der Waals surface area (Å²) < 4.78 is 4.69. The molecule has 7 heteroatoms. The molecular formula is C15H13Cl2NO3S. The lowest BCUT2D eigenvalue weighted by Gasteiger charge is -2.06. The second kappa shape index (κ2) is 7.13. The second-order valence-corrected chi connectivity index (χ2v) is 6.41. The maximum atomic E-state index is 12.1. The van der Waals surface area contributed by atoms with Crippen LogP contribution in [-0.4, -0.2) is 19.0 Å². The molecule has 2 aromatic rings. The van der Waals surface area contributed by atoms with E-state index in [1.54, 1.807) is 31.2 Å². The molecular weight excluding hydrogens is 345 g/mol. The van der Waals surface area contributed by atoms with Gasteiger partial charge in [-0.05, 0) is 36.2 Å². The molecule has 1 heterocycles. The van der Waals surface area contributed by atoms with Gasteiger partial charge in [0.25, 0.3) is 0 Å². The van der Waals surface area contributed by atoms with Crippen molar-refractivity contribution in [2.45, 2.75) is 13.3 Å². The van der Waals surface area contributed by atoms with Crippen molar-refractivity contribution in [3.8, 4) is 0 Å². The van der Waals surface area contributed by atoms with Crippen molar-refractivity contribution in [2.24, 2.45) is 0 Å². The molecule has 0 aliphatic heterocycles. The largest absolute Gasteiger partial charge is 0.465 e. The van der Waals surface area contributed by atoms with E-state index in [9.17, 15) is 9.59 Å². The van der Waals surface area contributed by atoms with Crippen molar-refractivity contribution in [3.05, 3.63) is 50.3 Å². The van der Waals surface area contributed by atoms with Gasteiger partial charge in [0, 0.05) is 10.0 Å². The highest BCUT2D eigenvalue weighted by atomic mass is 35.5. The number of halogens is 2. The SMILES string of the molecule is COC(=O)c1sc(NC(=O)Cc2c(Cl)cccc2Cl)cc1C. The standard InChI is InChI=1S/C15H13Cl2NO3S/c1-8-6-13(22-14(8)15(20)21-2)18-12(19)7-9-10(16)4-3-5-11(9)17/h3-6H,7H2,1-2H3,(H,18,19). The van der Waals surface area contributed by atoms with Crippen LogP contribution in [0.15, 0.2) is 24.3 Å². The molecule has 0 aliphatic rings. The maximum absolute atomic E-state index is 12.1. The zero-order valence-corrected chi connectivity index (χ0v) is 14.2. The fraction of sp³-hybridized carbons (Fsp3) is 0.200. The average Bonchev–Trinajstić information content (AvgIpc) is 2.83. The van der Waals surface area contributed by atoms with Crippen LogP contribution < -0.4 is 5.32 Å². The summed E-state index contributed by atoms with van der Waals surface area (Å²) >= 11 is 13.3. The van der Waals surface area contributed by atoms with E-state index in [1.807, 2.05) is 0 Å². The summed E-state index contributed by atoms with van der Waals surface area (Å²) in [6.07, 6.45) is 0.0585. The number of carbonyl (C=O) groups is 2. The Hall–Kier alpha value is -1.56. The van der Waals surface area contributed by atoms with E-state index in [0.717, 1.165) is 5.56 Å². The van der Waals surface area contributed by atoms with Gasteiger partial charge in [-0.2, -0.15) is 0 Å². The Balaban J connectivity index is 2.11. The van der Waals surface area contributed by atoms with E-state index >= 15 is 0 Å². The second-order valence-electron chi connectivity index (χ2n) is 4.54. The molecule has 1 aromatic carbocycles. The number of carbonyl (C=O) groups excluding carboxylic acids is 2. The van der Waals surface area contributed by atoms with Gasteiger partial charge in [0.1, 0.15) is 4.88 Å². The first-order valence-electron chi connectivity index (χ1n) is 6.34. The van der Waals surface area contributed by atoms with E-state index in [0.29, 0.717) is 25.5 Å². The van der Waals surface area contributed by atoms with Crippen molar-refractivity contribution >= 4 is 51.4 Å². The number of benzene rings is 1. The minimum Gasteiger partial charge on any atom is -0.465 e. The van der Waals surface area contributed by atoms with Crippen LogP contribution in [0.1, 0.15) is 20.8 Å². The maximum Gasteiger partial charge on any atom is 0.348 e. The van der Waals surface area contributed by atoms with Crippen LogP contribution in [0.4, 0.5) is 5.00 Å². The fourth-order valence-electron chi connectivity index (χ4n) is 1.88. The lowest BCUT2D eigenvalue weighted by Crippen LogP contribution is -2.14. The van der Waals surface area contributed by atoms with E-state index in [-0.39, 0.29) is 12.3 Å². The number of rotatable bonds is 4. The molecule has 1 N–H and O–H groups in total. The van der Waals surface area contributed by atoms with Crippen molar-refractivity contribution in [1.82, 2.24) is 0 Å². The zero-order chi connectivity index (χ0) is 16.3. The molecule has 0 spiro atoms. The molecule has 0 unspecified atom stereocenters. The summed E-state index contributed by atoms with van der Waals surface area (Å²) in [5.74, 6) is -0.676. The third kappa shape index (κ3) is 3.80. The fourth-order valence-corrected chi connectivity index (χ4v) is 3.42. The Morgan fingerprint density at radius 2 is 1.91 bits per heavy atom. The minimum absolute atomic E-state index is 0.0585. The molecule has 0 saturated carbocycles. The van der Waals surface area contributed by atoms with Crippen molar-refractivity contribution in [3.63, 3.8) is 0 Å². The number of nitrogens with one attached hydrogen (secondary N) is 1. The van der Waals surface area contributed by atoms with Gasteiger partial charge >= 0.3 is 5.97 Å². The number of methoxy groups -OCH3 is 1. The average molecular weight is 358 g/mol. The number of esters is 1. The third-order valence-electron chi connectivity index (χ3n) is 2.95. The Bertz CT molecular complexity index is 707. The molecule has 0 fully saturated rings. The predicted molar refractivity (Wildman–Crippen MR) is 89.2 cm³/mol.